The molecule has 0 amide bonds. The molecule has 1 fully saturated rings. The summed E-state index contributed by atoms with van der Waals surface area (Å²) in [6.07, 6.45) is 8.25. The zero-order valence-electron chi connectivity index (χ0n) is 9.74. The van der Waals surface area contributed by atoms with Crippen molar-refractivity contribution in [3.8, 4) is 0 Å². The van der Waals surface area contributed by atoms with Crippen molar-refractivity contribution < 1.29 is 0 Å². The fourth-order valence-corrected chi connectivity index (χ4v) is 2.49. The van der Waals surface area contributed by atoms with Crippen LogP contribution in [0, 0.1) is 11.8 Å². The third-order valence-corrected chi connectivity index (χ3v) is 3.53. The third kappa shape index (κ3) is 2.81. The monoisotopic (exact) mass is 207 g/mol. The normalized spacial score (nSPS) is 26.0. The number of hydrogen-bond donors (Lipinski definition) is 1. The second-order valence-electron chi connectivity index (χ2n) is 4.82. The van der Waals surface area contributed by atoms with Crippen LogP contribution in [0.1, 0.15) is 31.7 Å². The Bertz CT molecular complexity index is 306. The molecule has 0 aromatic carbocycles. The number of aromatic nitrogens is 2. The SMILES string of the molecule is CC1CCCC1CNCc1cnn(C)c1. The van der Waals surface area contributed by atoms with Crippen LogP contribution in [0.25, 0.3) is 0 Å². The molecule has 0 saturated heterocycles. The Kier molecular flexibility index (Phi) is 3.41. The molecule has 1 aliphatic carbocycles. The molecule has 1 aromatic rings. The summed E-state index contributed by atoms with van der Waals surface area (Å²) in [7, 11) is 1.96. The molecule has 0 aliphatic heterocycles. The van der Waals surface area contributed by atoms with Crippen LogP contribution < -0.4 is 5.32 Å². The van der Waals surface area contributed by atoms with Crippen molar-refractivity contribution in [3.63, 3.8) is 0 Å². The summed E-state index contributed by atoms with van der Waals surface area (Å²) in [5, 5.41) is 7.69. The summed E-state index contributed by atoms with van der Waals surface area (Å²) in [6.45, 7) is 4.50. The number of hydrogen-bond acceptors (Lipinski definition) is 2. The Morgan fingerprint density at radius 1 is 1.53 bits per heavy atom. The highest BCUT2D eigenvalue weighted by Gasteiger charge is 2.22. The van der Waals surface area contributed by atoms with Crippen LogP contribution in [0.4, 0.5) is 0 Å². The Labute approximate surface area is 91.9 Å². The first-order valence-electron chi connectivity index (χ1n) is 5.94. The van der Waals surface area contributed by atoms with E-state index in [0.717, 1.165) is 24.9 Å². The van der Waals surface area contributed by atoms with E-state index in [4.69, 9.17) is 0 Å². The first-order chi connectivity index (χ1) is 7.25. The Balaban J connectivity index is 1.70. The molecule has 2 unspecified atom stereocenters. The van der Waals surface area contributed by atoms with Crippen molar-refractivity contribution >= 4 is 0 Å². The molecule has 0 radical (unpaired) electrons. The van der Waals surface area contributed by atoms with Gasteiger partial charge in [0.05, 0.1) is 6.20 Å². The zero-order valence-corrected chi connectivity index (χ0v) is 9.74. The van der Waals surface area contributed by atoms with Gasteiger partial charge in [-0.3, -0.25) is 4.68 Å². The van der Waals surface area contributed by atoms with Crippen LogP contribution in [0.2, 0.25) is 0 Å². The number of nitrogens with one attached hydrogen (secondary N) is 1. The molecule has 3 nitrogen and oxygen atoms in total. The number of aryl methyl sites for hydroxylation is 1. The van der Waals surface area contributed by atoms with Crippen LogP contribution in [0.3, 0.4) is 0 Å². The second kappa shape index (κ2) is 4.79. The van der Waals surface area contributed by atoms with E-state index < -0.39 is 0 Å². The lowest BCUT2D eigenvalue weighted by Crippen LogP contribution is -2.23. The summed E-state index contributed by atoms with van der Waals surface area (Å²) in [6, 6.07) is 0. The largest absolute Gasteiger partial charge is 0.312 e. The van der Waals surface area contributed by atoms with E-state index in [1.165, 1.54) is 24.8 Å². The van der Waals surface area contributed by atoms with Gasteiger partial charge in [-0.2, -0.15) is 5.10 Å². The molecular weight excluding hydrogens is 186 g/mol. The topological polar surface area (TPSA) is 29.9 Å². The summed E-state index contributed by atoms with van der Waals surface area (Å²) in [5.41, 5.74) is 1.28. The van der Waals surface area contributed by atoms with Gasteiger partial charge in [0.1, 0.15) is 0 Å². The van der Waals surface area contributed by atoms with Gasteiger partial charge in [0.2, 0.25) is 0 Å². The standard InChI is InChI=1S/C12H21N3/c1-10-4-3-5-12(10)8-13-6-11-7-14-15(2)9-11/h7,9-10,12-13H,3-6,8H2,1-2H3. The summed E-state index contributed by atoms with van der Waals surface area (Å²) >= 11 is 0. The van der Waals surface area contributed by atoms with Gasteiger partial charge in [-0.25, -0.2) is 0 Å². The summed E-state index contributed by atoms with van der Waals surface area (Å²) in [4.78, 5) is 0. The quantitative estimate of drug-likeness (QED) is 0.817. The zero-order chi connectivity index (χ0) is 10.7. The molecule has 1 N–H and O–H groups in total. The van der Waals surface area contributed by atoms with E-state index >= 15 is 0 Å². The van der Waals surface area contributed by atoms with Gasteiger partial charge < -0.3 is 5.32 Å². The molecule has 1 saturated carbocycles. The predicted octanol–water partition coefficient (Wildman–Crippen LogP) is 1.95. The fourth-order valence-electron chi connectivity index (χ4n) is 2.49. The molecule has 84 valence electrons. The lowest BCUT2D eigenvalue weighted by atomic mass is 9.98. The van der Waals surface area contributed by atoms with Gasteiger partial charge in [-0.05, 0) is 24.8 Å². The Morgan fingerprint density at radius 2 is 2.40 bits per heavy atom. The van der Waals surface area contributed by atoms with Crippen molar-refractivity contribution in [3.05, 3.63) is 18.0 Å². The van der Waals surface area contributed by atoms with Gasteiger partial charge in [-0.1, -0.05) is 19.8 Å². The first-order valence-corrected chi connectivity index (χ1v) is 5.94. The molecule has 0 spiro atoms. The smallest absolute Gasteiger partial charge is 0.0534 e. The van der Waals surface area contributed by atoms with E-state index in [1.54, 1.807) is 0 Å². The van der Waals surface area contributed by atoms with Crippen LogP contribution in [-0.4, -0.2) is 16.3 Å². The highest BCUT2D eigenvalue weighted by Crippen LogP contribution is 2.30. The number of rotatable bonds is 4. The van der Waals surface area contributed by atoms with Gasteiger partial charge in [0, 0.05) is 25.4 Å². The average molecular weight is 207 g/mol. The molecule has 3 heteroatoms. The van der Waals surface area contributed by atoms with Crippen molar-refractivity contribution in [2.45, 2.75) is 32.7 Å². The van der Waals surface area contributed by atoms with Gasteiger partial charge in [-0.15, -0.1) is 0 Å². The maximum absolute atomic E-state index is 4.16. The summed E-state index contributed by atoms with van der Waals surface area (Å²) < 4.78 is 1.86. The van der Waals surface area contributed by atoms with Crippen LogP contribution in [-0.2, 0) is 13.6 Å². The fraction of sp³-hybridized carbons (Fsp3) is 0.750. The van der Waals surface area contributed by atoms with Gasteiger partial charge in [0.15, 0.2) is 0 Å². The van der Waals surface area contributed by atoms with Crippen molar-refractivity contribution in [1.29, 1.82) is 0 Å². The first kappa shape index (κ1) is 10.7. The van der Waals surface area contributed by atoms with Crippen LogP contribution >= 0.6 is 0 Å². The molecule has 2 rings (SSSR count). The predicted molar refractivity (Wildman–Crippen MR) is 61.4 cm³/mol. The lowest BCUT2D eigenvalue weighted by molar-refractivity contribution is 0.392. The van der Waals surface area contributed by atoms with E-state index in [9.17, 15) is 0 Å². The maximum atomic E-state index is 4.16. The van der Waals surface area contributed by atoms with Crippen molar-refractivity contribution in [2.24, 2.45) is 18.9 Å². The van der Waals surface area contributed by atoms with E-state index in [0.29, 0.717) is 0 Å². The molecule has 15 heavy (non-hydrogen) atoms. The highest BCUT2D eigenvalue weighted by atomic mass is 15.2. The minimum atomic E-state index is 0.890. The maximum Gasteiger partial charge on any atom is 0.0534 e. The van der Waals surface area contributed by atoms with Gasteiger partial charge >= 0.3 is 0 Å². The minimum absolute atomic E-state index is 0.890. The van der Waals surface area contributed by atoms with Crippen LogP contribution in [0.15, 0.2) is 12.4 Å². The van der Waals surface area contributed by atoms with E-state index in [-0.39, 0.29) is 0 Å². The van der Waals surface area contributed by atoms with Gasteiger partial charge in [0.25, 0.3) is 0 Å². The molecule has 1 aliphatic rings. The average Bonchev–Trinajstić information content (AvgIpc) is 2.77. The summed E-state index contributed by atoms with van der Waals surface area (Å²) in [5.74, 6) is 1.80. The second-order valence-corrected chi connectivity index (χ2v) is 4.82. The molecule has 2 atom stereocenters. The Hall–Kier alpha value is -0.830. The highest BCUT2D eigenvalue weighted by molar-refractivity contribution is 5.02. The third-order valence-electron chi connectivity index (χ3n) is 3.53. The number of nitrogens with zero attached hydrogens (tertiary/aromatic N) is 2. The molecular formula is C12H21N3. The Morgan fingerprint density at radius 3 is 3.00 bits per heavy atom. The molecule has 1 heterocycles. The molecule has 0 bridgehead atoms. The lowest BCUT2D eigenvalue weighted by Gasteiger charge is -2.15. The molecule has 1 aromatic heterocycles. The van der Waals surface area contributed by atoms with Crippen molar-refractivity contribution in [1.82, 2.24) is 15.1 Å². The van der Waals surface area contributed by atoms with E-state index in [1.807, 2.05) is 17.9 Å². The minimum Gasteiger partial charge on any atom is -0.312 e. The van der Waals surface area contributed by atoms with Crippen LogP contribution in [0.5, 0.6) is 0 Å². The van der Waals surface area contributed by atoms with Crippen molar-refractivity contribution in [2.75, 3.05) is 6.54 Å². The van der Waals surface area contributed by atoms with E-state index in [2.05, 4.69) is 23.5 Å².